The predicted octanol–water partition coefficient (Wildman–Crippen LogP) is 2.56. The Balaban J connectivity index is 2.21. The van der Waals surface area contributed by atoms with E-state index in [9.17, 15) is 4.39 Å². The molecule has 2 unspecified atom stereocenters. The molecule has 0 amide bonds. The first-order chi connectivity index (χ1) is 8.66. The zero-order chi connectivity index (χ0) is 13.0. The number of hydrogen-bond donors (Lipinski definition) is 1. The highest BCUT2D eigenvalue weighted by Crippen LogP contribution is 2.30. The number of benzene rings is 1. The molecule has 18 heavy (non-hydrogen) atoms. The van der Waals surface area contributed by atoms with Crippen LogP contribution in [0, 0.1) is 0 Å². The van der Waals surface area contributed by atoms with E-state index in [1.54, 1.807) is 0 Å². The number of rotatable bonds is 4. The standard InChI is InChI=1S/C15H23FN2/c1-13-11-18(10-6-9-16)15(2,12-17-13)14-7-4-3-5-8-14/h3-5,7-8,13,17H,6,9-12H2,1-2H3. The first-order valence-corrected chi connectivity index (χ1v) is 6.77. The Morgan fingerprint density at radius 3 is 2.78 bits per heavy atom. The lowest BCUT2D eigenvalue weighted by Gasteiger charge is -2.48. The first-order valence-electron chi connectivity index (χ1n) is 6.77. The number of nitrogens with one attached hydrogen (secondary N) is 1. The van der Waals surface area contributed by atoms with E-state index in [-0.39, 0.29) is 12.2 Å². The lowest BCUT2D eigenvalue weighted by atomic mass is 9.87. The molecule has 1 aromatic carbocycles. The molecule has 0 radical (unpaired) electrons. The molecule has 100 valence electrons. The number of hydrogen-bond acceptors (Lipinski definition) is 2. The van der Waals surface area contributed by atoms with Crippen molar-refractivity contribution in [2.45, 2.75) is 31.8 Å². The summed E-state index contributed by atoms with van der Waals surface area (Å²) in [5, 5.41) is 3.54. The lowest BCUT2D eigenvalue weighted by Crippen LogP contribution is -2.60. The normalized spacial score (nSPS) is 29.4. The smallest absolute Gasteiger partial charge is 0.0906 e. The molecule has 1 aromatic rings. The summed E-state index contributed by atoms with van der Waals surface area (Å²) in [5.41, 5.74) is 1.28. The number of halogens is 1. The summed E-state index contributed by atoms with van der Waals surface area (Å²) in [7, 11) is 0. The summed E-state index contributed by atoms with van der Waals surface area (Å²) in [6.45, 7) is 6.93. The van der Waals surface area contributed by atoms with Gasteiger partial charge in [-0.3, -0.25) is 9.29 Å². The monoisotopic (exact) mass is 250 g/mol. The van der Waals surface area contributed by atoms with E-state index in [4.69, 9.17) is 0 Å². The van der Waals surface area contributed by atoms with Gasteiger partial charge in [0.25, 0.3) is 0 Å². The van der Waals surface area contributed by atoms with Crippen molar-refractivity contribution < 1.29 is 4.39 Å². The average molecular weight is 250 g/mol. The Morgan fingerprint density at radius 1 is 1.39 bits per heavy atom. The molecule has 0 spiro atoms. The lowest BCUT2D eigenvalue weighted by molar-refractivity contribution is 0.0507. The zero-order valence-corrected chi connectivity index (χ0v) is 11.3. The van der Waals surface area contributed by atoms with Gasteiger partial charge in [0, 0.05) is 25.7 Å². The molecule has 1 N–H and O–H groups in total. The third-order valence-electron chi connectivity index (χ3n) is 3.94. The van der Waals surface area contributed by atoms with Crippen LogP contribution in [0.4, 0.5) is 4.39 Å². The minimum atomic E-state index is -0.233. The van der Waals surface area contributed by atoms with Gasteiger partial charge in [0.1, 0.15) is 0 Å². The molecule has 0 bridgehead atoms. The van der Waals surface area contributed by atoms with Crippen molar-refractivity contribution in [2.75, 3.05) is 26.3 Å². The first kappa shape index (κ1) is 13.5. The third-order valence-corrected chi connectivity index (χ3v) is 3.94. The van der Waals surface area contributed by atoms with Gasteiger partial charge in [0.05, 0.1) is 12.2 Å². The number of piperazine rings is 1. The van der Waals surface area contributed by atoms with Gasteiger partial charge in [0.15, 0.2) is 0 Å². The van der Waals surface area contributed by atoms with Crippen LogP contribution in [-0.4, -0.2) is 37.3 Å². The van der Waals surface area contributed by atoms with E-state index in [0.29, 0.717) is 12.5 Å². The molecule has 1 heterocycles. The molecular formula is C15H23FN2. The van der Waals surface area contributed by atoms with Crippen LogP contribution in [0.25, 0.3) is 0 Å². The van der Waals surface area contributed by atoms with Crippen molar-refractivity contribution in [1.82, 2.24) is 10.2 Å². The average Bonchev–Trinajstić information content (AvgIpc) is 2.41. The summed E-state index contributed by atoms with van der Waals surface area (Å²) in [6, 6.07) is 11.0. The third kappa shape index (κ3) is 2.73. The van der Waals surface area contributed by atoms with Gasteiger partial charge in [-0.25, -0.2) is 0 Å². The van der Waals surface area contributed by atoms with E-state index >= 15 is 0 Å². The van der Waals surface area contributed by atoms with Crippen LogP contribution >= 0.6 is 0 Å². The van der Waals surface area contributed by atoms with Crippen molar-refractivity contribution in [3.63, 3.8) is 0 Å². The molecule has 2 rings (SSSR count). The second-order valence-electron chi connectivity index (χ2n) is 5.41. The highest BCUT2D eigenvalue weighted by atomic mass is 19.1. The van der Waals surface area contributed by atoms with E-state index < -0.39 is 0 Å². The molecule has 3 heteroatoms. The molecule has 1 aliphatic heterocycles. The Hall–Kier alpha value is -0.930. The summed E-state index contributed by atoms with van der Waals surface area (Å²) >= 11 is 0. The van der Waals surface area contributed by atoms with Gasteiger partial charge in [-0.05, 0) is 25.8 Å². The quantitative estimate of drug-likeness (QED) is 0.883. The maximum Gasteiger partial charge on any atom is 0.0906 e. The van der Waals surface area contributed by atoms with E-state index in [1.165, 1.54) is 5.56 Å². The largest absolute Gasteiger partial charge is 0.311 e. The van der Waals surface area contributed by atoms with Gasteiger partial charge in [-0.2, -0.15) is 0 Å². The van der Waals surface area contributed by atoms with Crippen LogP contribution in [-0.2, 0) is 5.54 Å². The molecular weight excluding hydrogens is 227 g/mol. The minimum Gasteiger partial charge on any atom is -0.311 e. The second-order valence-corrected chi connectivity index (χ2v) is 5.41. The maximum atomic E-state index is 12.5. The molecule has 0 aliphatic carbocycles. The Morgan fingerprint density at radius 2 is 2.11 bits per heavy atom. The van der Waals surface area contributed by atoms with E-state index in [0.717, 1.165) is 19.6 Å². The summed E-state index contributed by atoms with van der Waals surface area (Å²) < 4.78 is 12.5. The van der Waals surface area contributed by atoms with Crippen LogP contribution in [0.2, 0.25) is 0 Å². The van der Waals surface area contributed by atoms with Crippen LogP contribution in [0.5, 0.6) is 0 Å². The van der Waals surface area contributed by atoms with Crippen molar-refractivity contribution >= 4 is 0 Å². The van der Waals surface area contributed by atoms with Crippen molar-refractivity contribution in [3.8, 4) is 0 Å². The van der Waals surface area contributed by atoms with E-state index in [2.05, 4.69) is 48.3 Å². The topological polar surface area (TPSA) is 15.3 Å². The fourth-order valence-electron chi connectivity index (χ4n) is 2.75. The Kier molecular flexibility index (Phi) is 4.36. The molecule has 1 fully saturated rings. The molecule has 0 saturated carbocycles. The van der Waals surface area contributed by atoms with Gasteiger partial charge in [-0.15, -0.1) is 0 Å². The van der Waals surface area contributed by atoms with Crippen molar-refractivity contribution in [3.05, 3.63) is 35.9 Å². The fourth-order valence-corrected chi connectivity index (χ4v) is 2.75. The van der Waals surface area contributed by atoms with Gasteiger partial charge in [-0.1, -0.05) is 30.3 Å². The van der Waals surface area contributed by atoms with Crippen molar-refractivity contribution in [1.29, 1.82) is 0 Å². The Bertz CT molecular complexity index is 368. The van der Waals surface area contributed by atoms with Gasteiger partial charge >= 0.3 is 0 Å². The summed E-state index contributed by atoms with van der Waals surface area (Å²) in [6.07, 6.45) is 0.620. The predicted molar refractivity (Wildman–Crippen MR) is 73.4 cm³/mol. The highest BCUT2D eigenvalue weighted by Gasteiger charge is 2.37. The molecule has 2 nitrogen and oxygen atoms in total. The maximum absolute atomic E-state index is 12.5. The second kappa shape index (κ2) is 5.81. The Labute approximate surface area is 109 Å². The molecule has 1 saturated heterocycles. The number of alkyl halides is 1. The van der Waals surface area contributed by atoms with E-state index in [1.807, 2.05) is 6.07 Å². The van der Waals surface area contributed by atoms with Crippen LogP contribution in [0.1, 0.15) is 25.8 Å². The zero-order valence-electron chi connectivity index (χ0n) is 11.3. The van der Waals surface area contributed by atoms with Gasteiger partial charge < -0.3 is 5.32 Å². The fraction of sp³-hybridized carbons (Fsp3) is 0.600. The molecule has 0 aromatic heterocycles. The highest BCUT2D eigenvalue weighted by molar-refractivity contribution is 5.25. The van der Waals surface area contributed by atoms with Crippen molar-refractivity contribution in [2.24, 2.45) is 0 Å². The SMILES string of the molecule is CC1CN(CCCF)C(C)(c2ccccc2)CN1. The van der Waals surface area contributed by atoms with Crippen LogP contribution < -0.4 is 5.32 Å². The van der Waals surface area contributed by atoms with Gasteiger partial charge in [0.2, 0.25) is 0 Å². The molecule has 2 atom stereocenters. The number of nitrogens with zero attached hydrogens (tertiary/aromatic N) is 1. The summed E-state index contributed by atoms with van der Waals surface area (Å²) in [5.74, 6) is 0. The van der Waals surface area contributed by atoms with Crippen LogP contribution in [0.15, 0.2) is 30.3 Å². The van der Waals surface area contributed by atoms with Crippen LogP contribution in [0.3, 0.4) is 0 Å². The minimum absolute atomic E-state index is 0.0249. The molecule has 1 aliphatic rings. The summed E-state index contributed by atoms with van der Waals surface area (Å²) in [4.78, 5) is 2.42.